The molecule has 4 atom stereocenters. The summed E-state index contributed by atoms with van der Waals surface area (Å²) in [5, 5.41) is 8.79. The fraction of sp³-hybridized carbons (Fsp3) is 0.706. The molecule has 4 unspecified atom stereocenters. The lowest BCUT2D eigenvalue weighted by molar-refractivity contribution is -0.121. The Morgan fingerprint density at radius 1 is 1.41 bits per heavy atom. The van der Waals surface area contributed by atoms with Gasteiger partial charge in [-0.15, -0.1) is 0 Å². The maximum Gasteiger partial charge on any atom is 0.261 e. The summed E-state index contributed by atoms with van der Waals surface area (Å²) in [5.41, 5.74) is 5.96. The number of rotatable bonds is 3. The van der Waals surface area contributed by atoms with Crippen molar-refractivity contribution in [3.8, 4) is 0 Å². The van der Waals surface area contributed by atoms with Gasteiger partial charge in [-0.05, 0) is 63.4 Å². The second-order valence-electron chi connectivity index (χ2n) is 7.29. The van der Waals surface area contributed by atoms with Crippen molar-refractivity contribution in [2.24, 2.45) is 28.8 Å². The number of aromatic nitrogens is 2. The Balaban J connectivity index is 1.38. The number of aryl methyl sites for hydroxylation is 2. The summed E-state index contributed by atoms with van der Waals surface area (Å²) in [6, 6.07) is 1.98. The maximum atomic E-state index is 12.1. The van der Waals surface area contributed by atoms with Gasteiger partial charge in [-0.25, -0.2) is 5.43 Å². The average Bonchev–Trinajstić information content (AvgIpc) is 3.19. The van der Waals surface area contributed by atoms with Crippen LogP contribution in [0.5, 0.6) is 0 Å². The highest BCUT2D eigenvalue weighted by Gasteiger charge is 2.52. The van der Waals surface area contributed by atoms with Crippen molar-refractivity contribution in [3.05, 3.63) is 17.5 Å². The van der Waals surface area contributed by atoms with E-state index in [1.165, 1.54) is 31.4 Å². The van der Waals surface area contributed by atoms with E-state index in [4.69, 9.17) is 0 Å². The minimum atomic E-state index is -0.0792. The van der Waals surface area contributed by atoms with Crippen LogP contribution in [0, 0.1) is 37.5 Å². The summed E-state index contributed by atoms with van der Waals surface area (Å²) >= 11 is 0. The summed E-state index contributed by atoms with van der Waals surface area (Å²) in [7, 11) is 0. The third-order valence-corrected chi connectivity index (χ3v) is 5.92. The van der Waals surface area contributed by atoms with E-state index >= 15 is 0 Å². The zero-order valence-electron chi connectivity index (χ0n) is 13.4. The molecule has 1 amide bonds. The van der Waals surface area contributed by atoms with Gasteiger partial charge in [0.15, 0.2) is 0 Å². The van der Waals surface area contributed by atoms with E-state index in [-0.39, 0.29) is 12.5 Å². The van der Waals surface area contributed by atoms with Crippen LogP contribution in [0.2, 0.25) is 0 Å². The van der Waals surface area contributed by atoms with Crippen LogP contribution < -0.4 is 5.43 Å². The molecule has 1 aromatic rings. The van der Waals surface area contributed by atoms with Gasteiger partial charge in [-0.3, -0.25) is 9.48 Å². The van der Waals surface area contributed by atoms with Gasteiger partial charge in [-0.1, -0.05) is 6.42 Å². The second kappa shape index (κ2) is 5.21. The van der Waals surface area contributed by atoms with Crippen LogP contribution >= 0.6 is 0 Å². The highest BCUT2D eigenvalue weighted by Crippen LogP contribution is 2.57. The number of nitrogens with one attached hydrogen (secondary N) is 1. The molecule has 118 valence electrons. The first-order valence-corrected chi connectivity index (χ1v) is 8.48. The monoisotopic (exact) mass is 300 g/mol. The summed E-state index contributed by atoms with van der Waals surface area (Å²) in [6.45, 7) is 4.15. The predicted molar refractivity (Wildman–Crippen MR) is 84.3 cm³/mol. The van der Waals surface area contributed by atoms with Gasteiger partial charge >= 0.3 is 0 Å². The van der Waals surface area contributed by atoms with Gasteiger partial charge in [0.05, 0.1) is 5.69 Å². The van der Waals surface area contributed by atoms with E-state index in [9.17, 15) is 4.79 Å². The van der Waals surface area contributed by atoms with Gasteiger partial charge in [0, 0.05) is 17.3 Å². The summed E-state index contributed by atoms with van der Waals surface area (Å²) in [5.74, 6) is 3.21. The summed E-state index contributed by atoms with van der Waals surface area (Å²) < 4.78 is 1.73. The molecule has 1 N–H and O–H groups in total. The van der Waals surface area contributed by atoms with Crippen LogP contribution in [0.3, 0.4) is 0 Å². The number of hydrogen-bond acceptors (Lipinski definition) is 3. The number of nitrogens with zero attached hydrogens (tertiary/aromatic N) is 3. The lowest BCUT2D eigenvalue weighted by Crippen LogP contribution is -2.29. The second-order valence-corrected chi connectivity index (χ2v) is 7.29. The molecule has 2 bridgehead atoms. The first-order valence-electron chi connectivity index (χ1n) is 8.48. The Bertz CT molecular complexity index is 633. The summed E-state index contributed by atoms with van der Waals surface area (Å²) in [4.78, 5) is 12.1. The SMILES string of the molecule is Cc1cc(C)n(CC(=O)N/N=C2\CC3CC2C2CCCC32)n1. The minimum absolute atomic E-state index is 0.0792. The first-order chi connectivity index (χ1) is 10.6. The van der Waals surface area contributed by atoms with E-state index in [0.717, 1.165) is 35.6 Å². The lowest BCUT2D eigenvalue weighted by Gasteiger charge is -2.25. The Morgan fingerprint density at radius 2 is 2.23 bits per heavy atom. The van der Waals surface area contributed by atoms with Crippen LogP contribution in [0.1, 0.15) is 43.5 Å². The molecule has 5 nitrogen and oxygen atoms in total. The highest BCUT2D eigenvalue weighted by molar-refractivity contribution is 5.91. The van der Waals surface area contributed by atoms with Crippen molar-refractivity contribution in [1.29, 1.82) is 0 Å². The molecule has 5 heteroatoms. The molecule has 4 rings (SSSR count). The Morgan fingerprint density at radius 3 is 3.00 bits per heavy atom. The largest absolute Gasteiger partial charge is 0.271 e. The molecular formula is C17H24N4O. The van der Waals surface area contributed by atoms with E-state index in [1.54, 1.807) is 4.68 Å². The van der Waals surface area contributed by atoms with Crippen molar-refractivity contribution in [3.63, 3.8) is 0 Å². The fourth-order valence-electron chi connectivity index (χ4n) is 5.08. The molecule has 0 saturated heterocycles. The van der Waals surface area contributed by atoms with E-state index < -0.39 is 0 Å². The number of hydrazone groups is 1. The van der Waals surface area contributed by atoms with Crippen LogP contribution in [-0.4, -0.2) is 21.4 Å². The van der Waals surface area contributed by atoms with Gasteiger partial charge in [0.2, 0.25) is 0 Å². The van der Waals surface area contributed by atoms with Crippen molar-refractivity contribution in [1.82, 2.24) is 15.2 Å². The molecule has 0 spiro atoms. The van der Waals surface area contributed by atoms with Crippen LogP contribution in [0.25, 0.3) is 0 Å². The van der Waals surface area contributed by atoms with Crippen LogP contribution in [-0.2, 0) is 11.3 Å². The minimum Gasteiger partial charge on any atom is -0.271 e. The number of carbonyl (C=O) groups excluding carboxylic acids is 1. The molecule has 3 aliphatic rings. The zero-order valence-corrected chi connectivity index (χ0v) is 13.4. The van der Waals surface area contributed by atoms with Crippen LogP contribution in [0.4, 0.5) is 0 Å². The standard InChI is InChI=1S/C17H24N4O/c1-10-6-11(2)21(20-10)9-17(22)19-18-16-8-12-7-15(16)14-5-3-4-13(12)14/h6,12-15H,3-5,7-9H2,1-2H3,(H,19,22)/b18-16+. The van der Waals surface area contributed by atoms with Crippen molar-refractivity contribution in [2.45, 2.75) is 52.5 Å². The van der Waals surface area contributed by atoms with Gasteiger partial charge in [0.25, 0.3) is 5.91 Å². The molecule has 3 saturated carbocycles. The molecular weight excluding hydrogens is 276 g/mol. The van der Waals surface area contributed by atoms with E-state index in [0.29, 0.717) is 5.92 Å². The Labute approximate surface area is 131 Å². The molecule has 1 heterocycles. The Kier molecular flexibility index (Phi) is 3.31. The quantitative estimate of drug-likeness (QED) is 0.872. The van der Waals surface area contributed by atoms with Gasteiger partial charge in [-0.2, -0.15) is 10.2 Å². The smallest absolute Gasteiger partial charge is 0.261 e. The third kappa shape index (κ3) is 2.27. The normalized spacial score (nSPS) is 34.4. The highest BCUT2D eigenvalue weighted by atomic mass is 16.2. The van der Waals surface area contributed by atoms with Crippen molar-refractivity contribution >= 4 is 11.6 Å². The first kappa shape index (κ1) is 14.0. The molecule has 0 aliphatic heterocycles. The predicted octanol–water partition coefficient (Wildman–Crippen LogP) is 2.43. The maximum absolute atomic E-state index is 12.1. The molecule has 0 aromatic carbocycles. The number of fused-ring (bicyclic) bond motifs is 5. The van der Waals surface area contributed by atoms with E-state index in [1.807, 2.05) is 19.9 Å². The van der Waals surface area contributed by atoms with Crippen molar-refractivity contribution in [2.75, 3.05) is 0 Å². The van der Waals surface area contributed by atoms with Crippen molar-refractivity contribution < 1.29 is 4.79 Å². The van der Waals surface area contributed by atoms with E-state index in [2.05, 4.69) is 15.6 Å². The number of hydrogen-bond donors (Lipinski definition) is 1. The number of amides is 1. The summed E-state index contributed by atoms with van der Waals surface area (Å²) in [6.07, 6.45) is 6.58. The van der Waals surface area contributed by atoms with Gasteiger partial charge in [0.1, 0.15) is 6.54 Å². The van der Waals surface area contributed by atoms with Crippen LogP contribution in [0.15, 0.2) is 11.2 Å². The molecule has 3 aliphatic carbocycles. The third-order valence-electron chi connectivity index (χ3n) is 5.92. The Hall–Kier alpha value is -1.65. The molecule has 3 fully saturated rings. The van der Waals surface area contributed by atoms with Gasteiger partial charge < -0.3 is 0 Å². The topological polar surface area (TPSA) is 59.3 Å². The molecule has 1 aromatic heterocycles. The fourth-order valence-corrected chi connectivity index (χ4v) is 5.08. The zero-order chi connectivity index (χ0) is 15.3. The number of carbonyl (C=O) groups is 1. The average molecular weight is 300 g/mol. The lowest BCUT2D eigenvalue weighted by atomic mass is 9.81. The molecule has 22 heavy (non-hydrogen) atoms. The molecule has 0 radical (unpaired) electrons.